The van der Waals surface area contributed by atoms with Crippen molar-refractivity contribution in [3.8, 4) is 11.5 Å². The molecule has 0 spiro atoms. The number of benzene rings is 1. The quantitative estimate of drug-likeness (QED) is 0.422. The van der Waals surface area contributed by atoms with Gasteiger partial charge in [0.25, 0.3) is 0 Å². The summed E-state index contributed by atoms with van der Waals surface area (Å²) >= 11 is 0. The van der Waals surface area contributed by atoms with E-state index in [0.717, 1.165) is 29.1 Å². The highest BCUT2D eigenvalue weighted by molar-refractivity contribution is 6.45. The van der Waals surface area contributed by atoms with Crippen LogP contribution in [0.5, 0.6) is 11.5 Å². The highest BCUT2D eigenvalue weighted by Crippen LogP contribution is 2.31. The molecule has 150 valence electrons. The van der Waals surface area contributed by atoms with Gasteiger partial charge in [0.1, 0.15) is 11.5 Å². The Balaban J connectivity index is 1.82. The lowest BCUT2D eigenvalue weighted by atomic mass is 9.85. The summed E-state index contributed by atoms with van der Waals surface area (Å²) in [5.74, 6) is -1.45. The minimum atomic E-state index is -0.960. The van der Waals surface area contributed by atoms with Crippen molar-refractivity contribution in [1.82, 2.24) is 9.80 Å². The van der Waals surface area contributed by atoms with E-state index in [4.69, 9.17) is 9.47 Å². The fourth-order valence-electron chi connectivity index (χ4n) is 3.90. The molecular formula is C20H24N2O6. The van der Waals surface area contributed by atoms with Gasteiger partial charge in [-0.05, 0) is 37.0 Å². The SMILES string of the molecule is COc1ccc(OC)c(C(=O)CN2C(=O)C(=O)N([C@@H]3CCCC[C@@H]3C)C2=O)c1. The van der Waals surface area contributed by atoms with Gasteiger partial charge >= 0.3 is 17.8 Å². The lowest BCUT2D eigenvalue weighted by Crippen LogP contribution is -2.46. The zero-order chi connectivity index (χ0) is 20.4. The van der Waals surface area contributed by atoms with Crippen LogP contribution in [0.4, 0.5) is 4.79 Å². The highest BCUT2D eigenvalue weighted by Gasteiger charge is 2.49. The number of rotatable bonds is 6. The van der Waals surface area contributed by atoms with Gasteiger partial charge < -0.3 is 9.47 Å². The van der Waals surface area contributed by atoms with Crippen LogP contribution in [0.3, 0.4) is 0 Å². The zero-order valence-electron chi connectivity index (χ0n) is 16.3. The number of methoxy groups -OCH3 is 2. The molecular weight excluding hydrogens is 364 g/mol. The van der Waals surface area contributed by atoms with E-state index in [2.05, 4.69) is 0 Å². The Morgan fingerprint density at radius 3 is 2.43 bits per heavy atom. The summed E-state index contributed by atoms with van der Waals surface area (Å²) in [6.45, 7) is 1.45. The van der Waals surface area contributed by atoms with E-state index in [1.807, 2.05) is 6.92 Å². The van der Waals surface area contributed by atoms with Gasteiger partial charge in [0, 0.05) is 6.04 Å². The van der Waals surface area contributed by atoms with Crippen LogP contribution in [-0.4, -0.2) is 60.2 Å². The molecule has 1 aromatic rings. The van der Waals surface area contributed by atoms with Crippen molar-refractivity contribution < 1.29 is 28.7 Å². The van der Waals surface area contributed by atoms with Crippen LogP contribution in [0.25, 0.3) is 0 Å². The molecule has 1 saturated heterocycles. The normalized spacial score (nSPS) is 22.6. The van der Waals surface area contributed by atoms with E-state index >= 15 is 0 Å². The van der Waals surface area contributed by atoms with Gasteiger partial charge in [-0.1, -0.05) is 19.8 Å². The third-order valence-corrected chi connectivity index (χ3v) is 5.49. The minimum Gasteiger partial charge on any atom is -0.497 e. The monoisotopic (exact) mass is 388 g/mol. The van der Waals surface area contributed by atoms with Crippen LogP contribution >= 0.6 is 0 Å². The maximum atomic E-state index is 12.8. The van der Waals surface area contributed by atoms with E-state index in [-0.39, 0.29) is 17.5 Å². The molecule has 1 heterocycles. The summed E-state index contributed by atoms with van der Waals surface area (Å²) in [4.78, 5) is 52.3. The molecule has 1 aliphatic heterocycles. The zero-order valence-corrected chi connectivity index (χ0v) is 16.3. The molecule has 4 amide bonds. The molecule has 2 fully saturated rings. The molecule has 8 heteroatoms. The number of ether oxygens (including phenoxy) is 2. The van der Waals surface area contributed by atoms with Crippen molar-refractivity contribution in [3.63, 3.8) is 0 Å². The number of imide groups is 2. The molecule has 0 bridgehead atoms. The number of carbonyl (C=O) groups is 4. The Morgan fingerprint density at radius 2 is 1.79 bits per heavy atom. The minimum absolute atomic E-state index is 0.128. The Labute approximate surface area is 163 Å². The van der Waals surface area contributed by atoms with Crippen molar-refractivity contribution >= 4 is 23.6 Å². The van der Waals surface area contributed by atoms with E-state index in [1.54, 1.807) is 12.1 Å². The van der Waals surface area contributed by atoms with Crippen LogP contribution in [0.1, 0.15) is 43.0 Å². The second kappa shape index (κ2) is 8.00. The second-order valence-electron chi connectivity index (χ2n) is 7.17. The summed E-state index contributed by atoms with van der Waals surface area (Å²) in [7, 11) is 2.88. The average Bonchev–Trinajstić information content (AvgIpc) is 2.91. The predicted molar refractivity (Wildman–Crippen MR) is 99.3 cm³/mol. The van der Waals surface area contributed by atoms with Crippen molar-refractivity contribution in [2.24, 2.45) is 5.92 Å². The number of nitrogens with zero attached hydrogens (tertiary/aromatic N) is 2. The summed E-state index contributed by atoms with van der Waals surface area (Å²) in [6.07, 6.45) is 3.52. The molecule has 2 aliphatic rings. The Hall–Kier alpha value is -2.90. The highest BCUT2D eigenvalue weighted by atomic mass is 16.5. The van der Waals surface area contributed by atoms with Crippen molar-refractivity contribution in [1.29, 1.82) is 0 Å². The van der Waals surface area contributed by atoms with E-state index < -0.39 is 30.2 Å². The Bertz CT molecular complexity index is 821. The lowest BCUT2D eigenvalue weighted by Gasteiger charge is -2.34. The summed E-state index contributed by atoms with van der Waals surface area (Å²) in [6, 6.07) is 3.67. The first kappa shape index (κ1) is 19.9. The van der Waals surface area contributed by atoms with Crippen LogP contribution in [0, 0.1) is 5.92 Å². The van der Waals surface area contributed by atoms with Crippen molar-refractivity contribution in [2.75, 3.05) is 20.8 Å². The molecule has 8 nitrogen and oxygen atoms in total. The van der Waals surface area contributed by atoms with E-state index in [1.165, 1.54) is 20.3 Å². The molecule has 0 radical (unpaired) electrons. The van der Waals surface area contributed by atoms with E-state index in [0.29, 0.717) is 17.9 Å². The van der Waals surface area contributed by atoms with E-state index in [9.17, 15) is 19.2 Å². The molecule has 28 heavy (non-hydrogen) atoms. The van der Waals surface area contributed by atoms with Gasteiger partial charge in [-0.3, -0.25) is 19.3 Å². The number of hydrogen-bond acceptors (Lipinski definition) is 6. The number of hydrogen-bond donors (Lipinski definition) is 0. The topological polar surface area (TPSA) is 93.2 Å². The van der Waals surface area contributed by atoms with Crippen LogP contribution in [0.2, 0.25) is 0 Å². The van der Waals surface area contributed by atoms with Gasteiger partial charge in [-0.15, -0.1) is 0 Å². The average molecular weight is 388 g/mol. The first-order chi connectivity index (χ1) is 13.4. The maximum absolute atomic E-state index is 12.8. The summed E-state index contributed by atoms with van der Waals surface area (Å²) in [5, 5.41) is 0. The molecule has 3 rings (SSSR count). The predicted octanol–water partition coefficient (Wildman–Crippen LogP) is 2.26. The standard InChI is InChI=1S/C20H24N2O6/c1-12-6-4-5-7-15(12)22-19(25)18(24)21(20(22)26)11-16(23)14-10-13(27-2)8-9-17(14)28-3/h8-10,12,15H,4-7,11H2,1-3H3/t12-,15+/m0/s1. The van der Waals surface area contributed by atoms with Crippen molar-refractivity contribution in [3.05, 3.63) is 23.8 Å². The van der Waals surface area contributed by atoms with Crippen LogP contribution in [-0.2, 0) is 9.59 Å². The number of ketones is 1. The van der Waals surface area contributed by atoms with Crippen LogP contribution < -0.4 is 9.47 Å². The Kier molecular flexibility index (Phi) is 5.67. The second-order valence-corrected chi connectivity index (χ2v) is 7.17. The number of Topliss-reactive ketones (excluding diaryl/α,β-unsaturated/α-hetero) is 1. The van der Waals surface area contributed by atoms with Gasteiger partial charge in [0.2, 0.25) is 0 Å². The molecule has 0 unspecified atom stereocenters. The molecule has 1 aliphatic carbocycles. The first-order valence-corrected chi connectivity index (χ1v) is 9.33. The molecule has 2 atom stereocenters. The lowest BCUT2D eigenvalue weighted by molar-refractivity contribution is -0.144. The summed E-state index contributed by atoms with van der Waals surface area (Å²) in [5.41, 5.74) is 0.180. The maximum Gasteiger partial charge on any atom is 0.334 e. The number of carbonyl (C=O) groups excluding carboxylic acids is 4. The van der Waals surface area contributed by atoms with Crippen molar-refractivity contribution in [2.45, 2.75) is 38.6 Å². The van der Waals surface area contributed by atoms with Gasteiger partial charge in [0.15, 0.2) is 5.78 Å². The number of amides is 4. The molecule has 0 aromatic heterocycles. The molecule has 1 aromatic carbocycles. The van der Waals surface area contributed by atoms with Crippen LogP contribution in [0.15, 0.2) is 18.2 Å². The fourth-order valence-corrected chi connectivity index (χ4v) is 3.90. The van der Waals surface area contributed by atoms with Gasteiger partial charge in [-0.25, -0.2) is 9.69 Å². The van der Waals surface area contributed by atoms with Gasteiger partial charge in [0.05, 0.1) is 26.3 Å². The number of urea groups is 1. The molecule has 0 N–H and O–H groups in total. The largest absolute Gasteiger partial charge is 0.497 e. The Morgan fingerprint density at radius 1 is 1.07 bits per heavy atom. The summed E-state index contributed by atoms with van der Waals surface area (Å²) < 4.78 is 10.3. The smallest absolute Gasteiger partial charge is 0.334 e. The fraction of sp³-hybridized carbons (Fsp3) is 0.500. The first-order valence-electron chi connectivity index (χ1n) is 9.33. The van der Waals surface area contributed by atoms with Gasteiger partial charge in [-0.2, -0.15) is 0 Å². The molecule has 1 saturated carbocycles. The third-order valence-electron chi connectivity index (χ3n) is 5.49. The third kappa shape index (κ3) is 3.46.